The highest BCUT2D eigenvalue weighted by Crippen LogP contribution is 2.13. The maximum Gasteiger partial charge on any atom is 0.308 e. The standard InChI is InChI=1S/C7H11NO3/c1-7(10,3-4-8)5-6(9)11-2/h10H,3,5H2,1-2H3. The number of hydrogen-bond donors (Lipinski definition) is 1. The average molecular weight is 157 g/mol. The molecule has 4 nitrogen and oxygen atoms in total. The Balaban J connectivity index is 3.92. The van der Waals surface area contributed by atoms with Gasteiger partial charge in [-0.3, -0.25) is 4.79 Å². The van der Waals surface area contributed by atoms with Crippen molar-refractivity contribution in [2.24, 2.45) is 0 Å². The van der Waals surface area contributed by atoms with E-state index in [1.54, 1.807) is 6.07 Å². The molecule has 0 aromatic carbocycles. The molecule has 0 radical (unpaired) electrons. The number of ether oxygens (including phenoxy) is 1. The Morgan fingerprint density at radius 3 is 2.73 bits per heavy atom. The number of aliphatic hydroxyl groups is 1. The first-order valence-corrected chi connectivity index (χ1v) is 3.18. The van der Waals surface area contributed by atoms with E-state index >= 15 is 0 Å². The van der Waals surface area contributed by atoms with Crippen LogP contribution >= 0.6 is 0 Å². The molecule has 1 atom stereocenters. The molecule has 0 aliphatic heterocycles. The van der Waals surface area contributed by atoms with E-state index in [1.165, 1.54) is 14.0 Å². The van der Waals surface area contributed by atoms with Crippen LogP contribution in [0.4, 0.5) is 0 Å². The summed E-state index contributed by atoms with van der Waals surface area (Å²) in [4.78, 5) is 10.6. The molecule has 4 heteroatoms. The fourth-order valence-corrected chi connectivity index (χ4v) is 0.616. The number of methoxy groups -OCH3 is 1. The maximum atomic E-state index is 10.6. The molecule has 11 heavy (non-hydrogen) atoms. The molecule has 0 bridgehead atoms. The minimum atomic E-state index is -1.26. The topological polar surface area (TPSA) is 70.3 Å². The van der Waals surface area contributed by atoms with Gasteiger partial charge in [0.1, 0.15) is 0 Å². The molecule has 0 aliphatic rings. The number of carbonyl (C=O) groups excluding carboxylic acids is 1. The monoisotopic (exact) mass is 157 g/mol. The fraction of sp³-hybridized carbons (Fsp3) is 0.714. The van der Waals surface area contributed by atoms with E-state index in [0.717, 1.165) is 0 Å². The molecule has 0 aliphatic carbocycles. The minimum absolute atomic E-state index is 0.0674. The summed E-state index contributed by atoms with van der Waals surface area (Å²) in [6.45, 7) is 1.42. The Morgan fingerprint density at radius 2 is 2.36 bits per heavy atom. The van der Waals surface area contributed by atoms with E-state index in [0.29, 0.717) is 0 Å². The second-order valence-electron chi connectivity index (χ2n) is 2.58. The van der Waals surface area contributed by atoms with Crippen LogP contribution in [0, 0.1) is 11.3 Å². The number of carbonyl (C=O) groups is 1. The number of nitrogens with zero attached hydrogens (tertiary/aromatic N) is 1. The predicted molar refractivity (Wildman–Crippen MR) is 37.5 cm³/mol. The van der Waals surface area contributed by atoms with Crippen molar-refractivity contribution in [1.82, 2.24) is 0 Å². The maximum absolute atomic E-state index is 10.6. The van der Waals surface area contributed by atoms with Crippen molar-refractivity contribution in [3.63, 3.8) is 0 Å². The molecule has 0 heterocycles. The zero-order chi connectivity index (χ0) is 8.91. The van der Waals surface area contributed by atoms with Crippen LogP contribution in [0.15, 0.2) is 0 Å². The summed E-state index contributed by atoms with van der Waals surface area (Å²) in [5.74, 6) is -0.509. The molecule has 0 rings (SSSR count). The van der Waals surface area contributed by atoms with Crippen molar-refractivity contribution in [2.45, 2.75) is 25.4 Å². The predicted octanol–water partition coefficient (Wildman–Crippen LogP) is 0.214. The minimum Gasteiger partial charge on any atom is -0.469 e. The van der Waals surface area contributed by atoms with Crippen LogP contribution in [0.2, 0.25) is 0 Å². The lowest BCUT2D eigenvalue weighted by Gasteiger charge is -2.17. The van der Waals surface area contributed by atoms with Crippen LogP contribution in [0.3, 0.4) is 0 Å². The van der Waals surface area contributed by atoms with Gasteiger partial charge in [0.25, 0.3) is 0 Å². The van der Waals surface area contributed by atoms with E-state index in [-0.39, 0.29) is 12.8 Å². The molecule has 0 aromatic heterocycles. The first-order chi connectivity index (χ1) is 5.02. The van der Waals surface area contributed by atoms with Gasteiger partial charge in [-0.2, -0.15) is 5.26 Å². The van der Waals surface area contributed by atoms with Gasteiger partial charge in [0, 0.05) is 0 Å². The Hall–Kier alpha value is -1.08. The van der Waals surface area contributed by atoms with Gasteiger partial charge >= 0.3 is 5.97 Å². The van der Waals surface area contributed by atoms with Crippen molar-refractivity contribution in [2.75, 3.05) is 7.11 Å². The summed E-state index contributed by atoms with van der Waals surface area (Å²) in [6.07, 6.45) is -0.209. The Bertz CT molecular complexity index is 181. The summed E-state index contributed by atoms with van der Waals surface area (Å²) in [6, 6.07) is 1.78. The highest BCUT2D eigenvalue weighted by molar-refractivity contribution is 5.70. The molecular weight excluding hydrogens is 146 g/mol. The number of esters is 1. The molecule has 0 saturated heterocycles. The fourth-order valence-electron chi connectivity index (χ4n) is 0.616. The lowest BCUT2D eigenvalue weighted by atomic mass is 9.99. The summed E-state index contributed by atoms with van der Waals surface area (Å²) in [5.41, 5.74) is -1.26. The van der Waals surface area contributed by atoms with Gasteiger partial charge in [0.15, 0.2) is 0 Å². The molecule has 1 unspecified atom stereocenters. The molecular formula is C7H11NO3. The molecule has 0 fully saturated rings. The van der Waals surface area contributed by atoms with Crippen LogP contribution < -0.4 is 0 Å². The smallest absolute Gasteiger partial charge is 0.308 e. The molecule has 0 amide bonds. The van der Waals surface area contributed by atoms with Gasteiger partial charge in [-0.05, 0) is 6.92 Å². The highest BCUT2D eigenvalue weighted by atomic mass is 16.5. The Morgan fingerprint density at radius 1 is 1.82 bits per heavy atom. The molecule has 0 spiro atoms. The zero-order valence-electron chi connectivity index (χ0n) is 6.63. The largest absolute Gasteiger partial charge is 0.469 e. The number of nitriles is 1. The third-order valence-electron chi connectivity index (χ3n) is 1.21. The second kappa shape index (κ2) is 3.94. The van der Waals surface area contributed by atoms with Crippen molar-refractivity contribution in [1.29, 1.82) is 5.26 Å². The third kappa shape index (κ3) is 4.34. The van der Waals surface area contributed by atoms with Crippen LogP contribution in [-0.2, 0) is 9.53 Å². The van der Waals surface area contributed by atoms with Gasteiger partial charge in [0.2, 0.25) is 0 Å². The average Bonchev–Trinajstić information content (AvgIpc) is 1.86. The molecule has 62 valence electrons. The second-order valence-corrected chi connectivity index (χ2v) is 2.58. The van der Waals surface area contributed by atoms with Crippen LogP contribution in [0.25, 0.3) is 0 Å². The van der Waals surface area contributed by atoms with Crippen LogP contribution in [0.5, 0.6) is 0 Å². The van der Waals surface area contributed by atoms with Gasteiger partial charge in [-0.25, -0.2) is 0 Å². The van der Waals surface area contributed by atoms with Crippen molar-refractivity contribution < 1.29 is 14.6 Å². The summed E-state index contributed by atoms with van der Waals surface area (Å²) < 4.78 is 4.32. The van der Waals surface area contributed by atoms with E-state index < -0.39 is 11.6 Å². The third-order valence-corrected chi connectivity index (χ3v) is 1.21. The quantitative estimate of drug-likeness (QED) is 0.594. The first kappa shape index (κ1) is 9.92. The SMILES string of the molecule is COC(=O)CC(C)(O)CC#N. The number of hydrogen-bond acceptors (Lipinski definition) is 4. The number of rotatable bonds is 3. The molecule has 0 saturated carbocycles. The van der Waals surface area contributed by atoms with Gasteiger partial charge in [0.05, 0.1) is 31.6 Å². The molecule has 0 aromatic rings. The summed E-state index contributed by atoms with van der Waals surface area (Å²) in [7, 11) is 1.24. The van der Waals surface area contributed by atoms with Gasteiger partial charge < -0.3 is 9.84 Å². The lowest BCUT2D eigenvalue weighted by molar-refractivity contribution is -0.145. The van der Waals surface area contributed by atoms with Crippen LogP contribution in [-0.4, -0.2) is 23.8 Å². The Labute approximate surface area is 65.4 Å². The van der Waals surface area contributed by atoms with Crippen molar-refractivity contribution >= 4 is 5.97 Å². The van der Waals surface area contributed by atoms with Gasteiger partial charge in [-0.15, -0.1) is 0 Å². The zero-order valence-corrected chi connectivity index (χ0v) is 6.63. The Kier molecular flexibility index (Phi) is 3.55. The summed E-state index contributed by atoms with van der Waals surface area (Å²) in [5, 5.41) is 17.5. The van der Waals surface area contributed by atoms with Crippen molar-refractivity contribution in [3.8, 4) is 6.07 Å². The van der Waals surface area contributed by atoms with E-state index in [1.807, 2.05) is 0 Å². The van der Waals surface area contributed by atoms with E-state index in [2.05, 4.69) is 4.74 Å². The van der Waals surface area contributed by atoms with Crippen LogP contribution in [0.1, 0.15) is 19.8 Å². The lowest BCUT2D eigenvalue weighted by Crippen LogP contribution is -2.27. The molecule has 1 N–H and O–H groups in total. The highest BCUT2D eigenvalue weighted by Gasteiger charge is 2.24. The van der Waals surface area contributed by atoms with E-state index in [4.69, 9.17) is 5.26 Å². The normalized spacial score (nSPS) is 14.7. The van der Waals surface area contributed by atoms with Crippen molar-refractivity contribution in [3.05, 3.63) is 0 Å². The summed E-state index contributed by atoms with van der Waals surface area (Å²) >= 11 is 0. The van der Waals surface area contributed by atoms with Gasteiger partial charge in [-0.1, -0.05) is 0 Å². The first-order valence-electron chi connectivity index (χ1n) is 3.18. The van der Waals surface area contributed by atoms with E-state index in [9.17, 15) is 9.90 Å².